The molecule has 12 nitrogen and oxygen atoms in total. The van der Waals surface area contributed by atoms with E-state index in [1.807, 2.05) is 0 Å². The summed E-state index contributed by atoms with van der Waals surface area (Å²) in [5, 5.41) is 2.34. The predicted octanol–water partition coefficient (Wildman–Crippen LogP) is -0.791. The molecular formula is C20H24N4O8S. The van der Waals surface area contributed by atoms with Crippen LogP contribution in [0, 0.1) is 6.92 Å². The number of esters is 1. The van der Waals surface area contributed by atoms with E-state index in [1.165, 1.54) is 36.6 Å². The standard InChI is InChI=1S/C20H24N4O8S/c1-13-4-5-14(33(29,30)24-6-8-31-9-7-24)10-15(13)19(27)32-12-17(25)21-16-11-18(26)23(3)20(28)22(16)2/h4-5,10-11H,6-9,12H2,1-3H3,(H,21,25). The molecule has 1 saturated heterocycles. The van der Waals surface area contributed by atoms with Crippen molar-refractivity contribution in [2.75, 3.05) is 38.2 Å². The molecule has 1 aliphatic heterocycles. The van der Waals surface area contributed by atoms with Crippen molar-refractivity contribution >= 4 is 27.7 Å². The van der Waals surface area contributed by atoms with Crippen LogP contribution in [0.25, 0.3) is 0 Å². The Kier molecular flexibility index (Phi) is 7.15. The Hall–Kier alpha value is -3.29. The fourth-order valence-electron chi connectivity index (χ4n) is 3.16. The van der Waals surface area contributed by atoms with Crippen molar-refractivity contribution in [2.45, 2.75) is 11.8 Å². The Morgan fingerprint density at radius 1 is 1.09 bits per heavy atom. The molecule has 1 aliphatic rings. The SMILES string of the molecule is Cc1ccc(S(=O)(=O)N2CCOCC2)cc1C(=O)OCC(=O)Nc1cc(=O)n(C)c(=O)n1C. The van der Waals surface area contributed by atoms with Crippen molar-refractivity contribution in [3.63, 3.8) is 0 Å². The van der Waals surface area contributed by atoms with Crippen molar-refractivity contribution in [3.8, 4) is 0 Å². The minimum absolute atomic E-state index is 0.00175. The quantitative estimate of drug-likeness (QED) is 0.529. The van der Waals surface area contributed by atoms with Gasteiger partial charge in [0.05, 0.1) is 23.7 Å². The second-order valence-corrected chi connectivity index (χ2v) is 9.32. The van der Waals surface area contributed by atoms with Crippen LogP contribution < -0.4 is 16.6 Å². The molecule has 0 bridgehead atoms. The summed E-state index contributed by atoms with van der Waals surface area (Å²) in [6.45, 7) is 1.89. The minimum Gasteiger partial charge on any atom is -0.452 e. The number of sulfonamides is 1. The van der Waals surface area contributed by atoms with E-state index < -0.39 is 39.8 Å². The highest BCUT2D eigenvalue weighted by atomic mass is 32.2. The number of nitrogens with one attached hydrogen (secondary N) is 1. The largest absolute Gasteiger partial charge is 0.452 e. The lowest BCUT2D eigenvalue weighted by atomic mass is 10.1. The second-order valence-electron chi connectivity index (χ2n) is 7.39. The van der Waals surface area contributed by atoms with Crippen LogP contribution in [0.2, 0.25) is 0 Å². The normalized spacial score (nSPS) is 14.6. The highest BCUT2D eigenvalue weighted by Gasteiger charge is 2.27. The maximum atomic E-state index is 12.9. The van der Waals surface area contributed by atoms with Crippen molar-refractivity contribution in [3.05, 3.63) is 56.2 Å². The lowest BCUT2D eigenvalue weighted by Gasteiger charge is -2.26. The van der Waals surface area contributed by atoms with Gasteiger partial charge < -0.3 is 14.8 Å². The molecule has 1 amide bonds. The highest BCUT2D eigenvalue weighted by molar-refractivity contribution is 7.89. The number of carbonyl (C=O) groups is 2. The van der Waals surface area contributed by atoms with Gasteiger partial charge in [-0.3, -0.25) is 18.7 Å². The number of anilines is 1. The minimum atomic E-state index is -3.82. The van der Waals surface area contributed by atoms with Gasteiger partial charge in [0.1, 0.15) is 5.82 Å². The van der Waals surface area contributed by atoms with E-state index in [2.05, 4.69) is 5.32 Å². The number of hydrogen-bond acceptors (Lipinski definition) is 8. The first-order valence-electron chi connectivity index (χ1n) is 9.95. The Morgan fingerprint density at radius 2 is 1.76 bits per heavy atom. The van der Waals surface area contributed by atoms with E-state index >= 15 is 0 Å². The van der Waals surface area contributed by atoms with Crippen LogP contribution in [0.15, 0.2) is 38.8 Å². The van der Waals surface area contributed by atoms with Gasteiger partial charge in [0.2, 0.25) is 10.0 Å². The molecule has 0 atom stereocenters. The summed E-state index contributed by atoms with van der Waals surface area (Å²) in [7, 11) is -1.15. The Bertz CT molecular complexity index is 1310. The van der Waals surface area contributed by atoms with E-state index in [9.17, 15) is 27.6 Å². The molecule has 0 unspecified atom stereocenters. The molecule has 3 rings (SSSR count). The molecule has 0 spiro atoms. The van der Waals surface area contributed by atoms with E-state index in [0.717, 1.165) is 15.2 Å². The molecule has 1 aromatic carbocycles. The number of benzene rings is 1. The van der Waals surface area contributed by atoms with Crippen LogP contribution in [0.5, 0.6) is 0 Å². The van der Waals surface area contributed by atoms with Crippen molar-refractivity contribution < 1.29 is 27.5 Å². The first kappa shape index (κ1) is 24.4. The van der Waals surface area contributed by atoms with Crippen LogP contribution in [0.3, 0.4) is 0 Å². The predicted molar refractivity (Wildman–Crippen MR) is 117 cm³/mol. The molecule has 0 radical (unpaired) electrons. The average molecular weight is 480 g/mol. The third-order valence-corrected chi connectivity index (χ3v) is 7.06. The van der Waals surface area contributed by atoms with Gasteiger partial charge >= 0.3 is 11.7 Å². The maximum Gasteiger partial charge on any atom is 0.338 e. The van der Waals surface area contributed by atoms with E-state index in [0.29, 0.717) is 5.56 Å². The molecule has 1 aromatic heterocycles. The number of aromatic nitrogens is 2. The number of amides is 1. The molecule has 0 aliphatic carbocycles. The number of carbonyl (C=O) groups excluding carboxylic acids is 2. The van der Waals surface area contributed by atoms with Gasteiger partial charge in [-0.2, -0.15) is 4.31 Å². The molecule has 1 fully saturated rings. The summed E-state index contributed by atoms with van der Waals surface area (Å²) in [4.78, 5) is 48.4. The number of nitrogens with zero attached hydrogens (tertiary/aromatic N) is 3. The molecule has 2 aromatic rings. The lowest BCUT2D eigenvalue weighted by molar-refractivity contribution is -0.119. The fraction of sp³-hybridized carbons (Fsp3) is 0.400. The third kappa shape index (κ3) is 5.21. The molecule has 1 N–H and O–H groups in total. The zero-order chi connectivity index (χ0) is 24.3. The summed E-state index contributed by atoms with van der Waals surface area (Å²) in [6.07, 6.45) is 0. The first-order valence-corrected chi connectivity index (χ1v) is 11.4. The number of rotatable bonds is 6. The summed E-state index contributed by atoms with van der Waals surface area (Å²) in [6, 6.07) is 5.16. The Labute approximate surface area is 189 Å². The molecule has 178 valence electrons. The number of aryl methyl sites for hydroxylation is 1. The smallest absolute Gasteiger partial charge is 0.338 e. The number of ether oxygens (including phenoxy) is 2. The summed E-state index contributed by atoms with van der Waals surface area (Å²) in [5.74, 6) is -1.72. The Morgan fingerprint density at radius 3 is 2.42 bits per heavy atom. The number of morpholine rings is 1. The van der Waals surface area contributed by atoms with Gasteiger partial charge in [-0.15, -0.1) is 0 Å². The monoisotopic (exact) mass is 480 g/mol. The number of hydrogen-bond donors (Lipinski definition) is 1. The third-order valence-electron chi connectivity index (χ3n) is 5.16. The van der Waals surface area contributed by atoms with Crippen LogP contribution in [0.4, 0.5) is 5.82 Å². The van der Waals surface area contributed by atoms with Gasteiger partial charge in [-0.25, -0.2) is 18.0 Å². The van der Waals surface area contributed by atoms with Gasteiger partial charge in [-0.05, 0) is 24.6 Å². The van der Waals surface area contributed by atoms with Crippen LogP contribution in [-0.4, -0.2) is 66.6 Å². The van der Waals surface area contributed by atoms with Crippen molar-refractivity contribution in [1.29, 1.82) is 0 Å². The summed E-state index contributed by atoms with van der Waals surface area (Å²) in [5.41, 5.74) is -0.781. The highest BCUT2D eigenvalue weighted by Crippen LogP contribution is 2.21. The average Bonchev–Trinajstić information content (AvgIpc) is 2.80. The van der Waals surface area contributed by atoms with Crippen LogP contribution in [0.1, 0.15) is 15.9 Å². The summed E-state index contributed by atoms with van der Waals surface area (Å²) < 4.78 is 39.1. The summed E-state index contributed by atoms with van der Waals surface area (Å²) >= 11 is 0. The molecule has 13 heteroatoms. The van der Waals surface area contributed by atoms with Crippen molar-refractivity contribution in [2.24, 2.45) is 14.1 Å². The van der Waals surface area contributed by atoms with E-state index in [1.54, 1.807) is 6.92 Å². The zero-order valence-electron chi connectivity index (χ0n) is 18.4. The Balaban J connectivity index is 1.72. The molecular weight excluding hydrogens is 456 g/mol. The van der Waals surface area contributed by atoms with Crippen molar-refractivity contribution in [1.82, 2.24) is 13.4 Å². The van der Waals surface area contributed by atoms with E-state index in [4.69, 9.17) is 9.47 Å². The zero-order valence-corrected chi connectivity index (χ0v) is 19.2. The molecule has 33 heavy (non-hydrogen) atoms. The van der Waals surface area contributed by atoms with Gasteiger partial charge in [-0.1, -0.05) is 6.07 Å². The lowest BCUT2D eigenvalue weighted by Crippen LogP contribution is -2.40. The molecule has 0 saturated carbocycles. The molecule has 2 heterocycles. The van der Waals surface area contributed by atoms with Gasteiger partial charge in [0.25, 0.3) is 11.5 Å². The maximum absolute atomic E-state index is 12.9. The fourth-order valence-corrected chi connectivity index (χ4v) is 4.59. The van der Waals surface area contributed by atoms with Crippen LogP contribution in [-0.2, 0) is 38.4 Å². The van der Waals surface area contributed by atoms with Crippen LogP contribution >= 0.6 is 0 Å². The van der Waals surface area contributed by atoms with E-state index in [-0.39, 0.29) is 42.6 Å². The van der Waals surface area contributed by atoms with Gasteiger partial charge in [0.15, 0.2) is 6.61 Å². The van der Waals surface area contributed by atoms with Gasteiger partial charge in [0, 0.05) is 33.3 Å². The first-order chi connectivity index (χ1) is 15.5. The topological polar surface area (TPSA) is 146 Å². The second kappa shape index (κ2) is 9.68.